The summed E-state index contributed by atoms with van der Waals surface area (Å²) >= 11 is 0. The summed E-state index contributed by atoms with van der Waals surface area (Å²) in [6.45, 7) is 11.4. The Morgan fingerprint density at radius 1 is 1.07 bits per heavy atom. The summed E-state index contributed by atoms with van der Waals surface area (Å²) in [7, 11) is 0. The highest BCUT2D eigenvalue weighted by atomic mass is 16.7. The van der Waals surface area contributed by atoms with Crippen molar-refractivity contribution in [3.8, 4) is 0 Å². The fraction of sp³-hybridized carbons (Fsp3) is 1.00. The molecular weight excluding hydrogens is 182 g/mol. The van der Waals surface area contributed by atoms with Crippen LogP contribution in [0.1, 0.15) is 41.5 Å². The predicted molar refractivity (Wildman–Crippen MR) is 54.4 cm³/mol. The second-order valence-corrected chi connectivity index (χ2v) is 4.06. The van der Waals surface area contributed by atoms with Crippen molar-refractivity contribution in [3.05, 3.63) is 5.21 Å². The van der Waals surface area contributed by atoms with E-state index in [1.807, 2.05) is 41.5 Å². The molecule has 0 aromatic carbocycles. The smallest absolute Gasteiger partial charge is 0.233 e. The first-order valence-electron chi connectivity index (χ1n) is 4.98. The number of hydrazine groups is 1. The van der Waals surface area contributed by atoms with Crippen LogP contribution in [0.3, 0.4) is 0 Å². The van der Waals surface area contributed by atoms with Gasteiger partial charge in [0.2, 0.25) is 5.28 Å². The second-order valence-electron chi connectivity index (χ2n) is 4.06. The molecule has 0 spiro atoms. The zero-order valence-corrected chi connectivity index (χ0v) is 9.89. The van der Waals surface area contributed by atoms with Crippen LogP contribution in [0.5, 0.6) is 0 Å². The van der Waals surface area contributed by atoms with Crippen molar-refractivity contribution in [2.45, 2.75) is 59.7 Å². The van der Waals surface area contributed by atoms with E-state index in [1.165, 1.54) is 0 Å². The SMILES string of the molecule is CC(C)O/N=[N+](\[O-])N(C(C)C)C(C)C. The first-order valence-corrected chi connectivity index (χ1v) is 4.98. The molecule has 5 heteroatoms. The molecule has 0 saturated heterocycles. The lowest BCUT2D eigenvalue weighted by Crippen LogP contribution is -2.42. The third kappa shape index (κ3) is 4.30. The van der Waals surface area contributed by atoms with Crippen molar-refractivity contribution in [1.29, 1.82) is 0 Å². The molecule has 0 heterocycles. The average molecular weight is 203 g/mol. The van der Waals surface area contributed by atoms with E-state index in [4.69, 9.17) is 4.84 Å². The van der Waals surface area contributed by atoms with E-state index in [1.54, 1.807) is 5.01 Å². The third-order valence-electron chi connectivity index (χ3n) is 1.58. The topological polar surface area (TPSA) is 50.9 Å². The lowest BCUT2D eigenvalue weighted by atomic mass is 10.3. The lowest BCUT2D eigenvalue weighted by Gasteiger charge is -2.25. The first-order chi connectivity index (χ1) is 6.36. The van der Waals surface area contributed by atoms with Crippen LogP contribution in [0, 0.1) is 5.21 Å². The van der Waals surface area contributed by atoms with Gasteiger partial charge in [-0.3, -0.25) is 0 Å². The van der Waals surface area contributed by atoms with Crippen LogP contribution in [-0.4, -0.2) is 28.2 Å². The molecule has 0 aliphatic heterocycles. The van der Waals surface area contributed by atoms with Crippen molar-refractivity contribution < 1.29 is 9.81 Å². The molecule has 0 N–H and O–H groups in total. The van der Waals surface area contributed by atoms with Gasteiger partial charge in [0.05, 0.1) is 17.1 Å². The normalized spacial score (nSPS) is 12.8. The summed E-state index contributed by atoms with van der Waals surface area (Å²) in [6, 6.07) is 0.207. The second kappa shape index (κ2) is 5.67. The molecule has 0 unspecified atom stereocenters. The van der Waals surface area contributed by atoms with Gasteiger partial charge in [0.25, 0.3) is 0 Å². The number of rotatable bonds is 5. The van der Waals surface area contributed by atoms with Gasteiger partial charge in [-0.25, -0.2) is 0 Å². The van der Waals surface area contributed by atoms with Crippen LogP contribution < -0.4 is 0 Å². The fourth-order valence-electron chi connectivity index (χ4n) is 1.17. The molecule has 5 nitrogen and oxygen atoms in total. The molecule has 0 atom stereocenters. The molecule has 0 fully saturated rings. The van der Waals surface area contributed by atoms with Gasteiger partial charge in [0.15, 0.2) is 0 Å². The maximum Gasteiger partial charge on any atom is 0.233 e. The van der Waals surface area contributed by atoms with Crippen LogP contribution >= 0.6 is 0 Å². The molecule has 14 heavy (non-hydrogen) atoms. The largest absolute Gasteiger partial charge is 0.569 e. The predicted octanol–water partition coefficient (Wildman–Crippen LogP) is 2.32. The van der Waals surface area contributed by atoms with E-state index < -0.39 is 0 Å². The maximum atomic E-state index is 11.5. The zero-order valence-electron chi connectivity index (χ0n) is 9.89. The van der Waals surface area contributed by atoms with Crippen LogP contribution in [0.4, 0.5) is 0 Å². The van der Waals surface area contributed by atoms with Crippen LogP contribution in [-0.2, 0) is 4.84 Å². The standard InChI is InChI=1S/C9H21N3O2/c1-7(2)11(8(3)4)12(13)10-14-9(5)6/h7-9H,1-6H3/b12-10-. The van der Waals surface area contributed by atoms with Gasteiger partial charge in [0.1, 0.15) is 6.10 Å². The Morgan fingerprint density at radius 2 is 1.50 bits per heavy atom. The molecule has 0 bridgehead atoms. The third-order valence-corrected chi connectivity index (χ3v) is 1.58. The van der Waals surface area contributed by atoms with Gasteiger partial charge in [-0.2, -0.15) is 0 Å². The molecule has 0 aliphatic rings. The van der Waals surface area contributed by atoms with E-state index in [2.05, 4.69) is 5.28 Å². The maximum absolute atomic E-state index is 11.5. The Kier molecular flexibility index (Phi) is 5.27. The summed E-state index contributed by atoms with van der Waals surface area (Å²) in [5.74, 6) is 0. The summed E-state index contributed by atoms with van der Waals surface area (Å²) in [5, 5.41) is 16.6. The van der Waals surface area contributed by atoms with E-state index >= 15 is 0 Å². The molecule has 0 saturated carbocycles. The summed E-state index contributed by atoms with van der Waals surface area (Å²) in [6.07, 6.45) is -0.0763. The fourth-order valence-corrected chi connectivity index (χ4v) is 1.17. The number of hydrogen-bond donors (Lipinski definition) is 0. The average Bonchev–Trinajstić information content (AvgIpc) is 1.99. The Morgan fingerprint density at radius 3 is 1.79 bits per heavy atom. The molecule has 0 radical (unpaired) electrons. The lowest BCUT2D eigenvalue weighted by molar-refractivity contribution is -0.724. The minimum Gasteiger partial charge on any atom is -0.569 e. The quantitative estimate of drug-likeness (QED) is 0.391. The van der Waals surface area contributed by atoms with E-state index in [9.17, 15) is 5.21 Å². The van der Waals surface area contributed by atoms with Crippen molar-refractivity contribution in [2.24, 2.45) is 5.28 Å². The number of nitrogens with zero attached hydrogens (tertiary/aromatic N) is 3. The van der Waals surface area contributed by atoms with Crippen LogP contribution in [0.25, 0.3) is 0 Å². The Labute approximate surface area is 85.9 Å². The van der Waals surface area contributed by atoms with E-state index in [0.717, 1.165) is 0 Å². The summed E-state index contributed by atoms with van der Waals surface area (Å²) < 4.78 is 0. The molecule has 0 amide bonds. The summed E-state index contributed by atoms with van der Waals surface area (Å²) in [5.41, 5.74) is 0. The molecule has 0 aliphatic carbocycles. The van der Waals surface area contributed by atoms with Gasteiger partial charge in [-0.15, -0.1) is 5.01 Å². The first kappa shape index (κ1) is 13.0. The van der Waals surface area contributed by atoms with Gasteiger partial charge >= 0.3 is 0 Å². The monoisotopic (exact) mass is 203 g/mol. The Bertz CT molecular complexity index is 182. The summed E-state index contributed by atoms with van der Waals surface area (Å²) in [4.78, 5) is 5.40. The van der Waals surface area contributed by atoms with Crippen LogP contribution in [0.2, 0.25) is 0 Å². The van der Waals surface area contributed by atoms with Gasteiger partial charge in [-0.05, 0) is 41.5 Å². The highest BCUT2D eigenvalue weighted by Gasteiger charge is 2.21. The Hall–Kier alpha value is -1.00. The van der Waals surface area contributed by atoms with Crippen molar-refractivity contribution >= 4 is 0 Å². The van der Waals surface area contributed by atoms with E-state index in [-0.39, 0.29) is 18.2 Å². The molecule has 84 valence electrons. The minimum absolute atomic E-state index is 0.0763. The van der Waals surface area contributed by atoms with Gasteiger partial charge < -0.3 is 10.0 Å². The highest BCUT2D eigenvalue weighted by Crippen LogP contribution is 2.05. The van der Waals surface area contributed by atoms with Crippen LogP contribution in [0.15, 0.2) is 5.28 Å². The van der Waals surface area contributed by atoms with Gasteiger partial charge in [-0.1, -0.05) is 0 Å². The van der Waals surface area contributed by atoms with Gasteiger partial charge in [0, 0.05) is 0 Å². The Balaban J connectivity index is 4.43. The molecule has 0 aromatic rings. The zero-order chi connectivity index (χ0) is 11.3. The minimum atomic E-state index is -0.0763. The van der Waals surface area contributed by atoms with Crippen molar-refractivity contribution in [3.63, 3.8) is 0 Å². The molecule has 0 rings (SSSR count). The van der Waals surface area contributed by atoms with Crippen molar-refractivity contribution in [2.75, 3.05) is 0 Å². The van der Waals surface area contributed by atoms with Crippen molar-refractivity contribution in [1.82, 2.24) is 5.01 Å². The molecular formula is C9H21N3O2. The van der Waals surface area contributed by atoms with E-state index in [0.29, 0.717) is 4.97 Å². The molecule has 0 aromatic heterocycles. The number of hydrogen-bond acceptors (Lipinski definition) is 3. The highest BCUT2D eigenvalue weighted by molar-refractivity contribution is 4.55.